The zero-order chi connectivity index (χ0) is 11.7. The van der Waals surface area contributed by atoms with Crippen molar-refractivity contribution in [3.05, 3.63) is 28.7 Å². The van der Waals surface area contributed by atoms with Crippen LogP contribution < -0.4 is 0 Å². The molecule has 0 fully saturated rings. The molecule has 0 spiro atoms. The fraction of sp³-hybridized carbons (Fsp3) is 0.250. The molecule has 1 aromatic carbocycles. The first-order valence-corrected chi connectivity index (χ1v) is 8.37. The van der Waals surface area contributed by atoms with Gasteiger partial charge >= 0.3 is 0 Å². The van der Waals surface area contributed by atoms with Crippen LogP contribution in [0.5, 0.6) is 0 Å². The fourth-order valence-corrected chi connectivity index (χ4v) is 4.95. The van der Waals surface area contributed by atoms with Crippen molar-refractivity contribution in [3.63, 3.8) is 0 Å². The summed E-state index contributed by atoms with van der Waals surface area (Å²) in [5.41, 5.74) is 0. The topological polar surface area (TPSA) is 68.3 Å². The maximum absolute atomic E-state index is 11.6. The lowest BCUT2D eigenvalue weighted by molar-refractivity contribution is 0.591. The van der Waals surface area contributed by atoms with Crippen LogP contribution in [-0.4, -0.2) is 28.2 Å². The minimum absolute atomic E-state index is 0.00213. The van der Waals surface area contributed by atoms with Crippen LogP contribution in [0.4, 0.5) is 0 Å². The van der Waals surface area contributed by atoms with E-state index in [1.54, 1.807) is 12.1 Å². The van der Waals surface area contributed by atoms with Crippen molar-refractivity contribution in [3.8, 4) is 0 Å². The summed E-state index contributed by atoms with van der Waals surface area (Å²) in [6.45, 7) is 0. The predicted octanol–water partition coefficient (Wildman–Crippen LogP) is 1.22. The zero-order valence-electron chi connectivity index (χ0n) is 7.84. The number of halogens is 1. The molecule has 15 heavy (non-hydrogen) atoms. The lowest BCUT2D eigenvalue weighted by Gasteiger charge is -2.02. The summed E-state index contributed by atoms with van der Waals surface area (Å²) in [7, 11) is -7.30. The molecule has 84 valence electrons. The van der Waals surface area contributed by atoms with E-state index < -0.39 is 24.8 Å². The Hall–Kier alpha value is -0.400. The third-order valence-electron chi connectivity index (χ3n) is 1.52. The largest absolute Gasteiger partial charge is 0.228 e. The van der Waals surface area contributed by atoms with Crippen molar-refractivity contribution in [1.29, 1.82) is 0 Å². The van der Waals surface area contributed by atoms with E-state index in [9.17, 15) is 16.8 Å². The quantitative estimate of drug-likeness (QED) is 0.841. The third kappa shape index (κ3) is 3.92. The maximum atomic E-state index is 11.6. The van der Waals surface area contributed by atoms with E-state index in [0.717, 1.165) is 6.26 Å². The third-order valence-corrected chi connectivity index (χ3v) is 5.94. The SMILES string of the molecule is CS(=O)(=O)CS(=O)(=O)c1cccc(Br)c1. The molecule has 0 aromatic heterocycles. The van der Waals surface area contributed by atoms with E-state index >= 15 is 0 Å². The van der Waals surface area contributed by atoms with Crippen LogP contribution in [0, 0.1) is 0 Å². The molecule has 0 aliphatic heterocycles. The summed E-state index contributed by atoms with van der Waals surface area (Å²) < 4.78 is 45.6. The molecule has 0 atom stereocenters. The first-order valence-electron chi connectivity index (χ1n) is 3.87. The second-order valence-electron chi connectivity index (χ2n) is 3.12. The van der Waals surface area contributed by atoms with Gasteiger partial charge in [0.15, 0.2) is 24.8 Å². The molecule has 7 heteroatoms. The standard InChI is InChI=1S/C8H9BrO4S2/c1-14(10,11)6-15(12,13)8-4-2-3-7(9)5-8/h2-5H,6H2,1H3. The number of rotatable bonds is 3. The van der Waals surface area contributed by atoms with Gasteiger partial charge in [-0.25, -0.2) is 16.8 Å². The Bertz CT molecular complexity index is 560. The van der Waals surface area contributed by atoms with Gasteiger partial charge in [0.1, 0.15) is 0 Å². The Morgan fingerprint density at radius 1 is 1.20 bits per heavy atom. The second-order valence-corrected chi connectivity index (χ2v) is 8.53. The van der Waals surface area contributed by atoms with Crippen molar-refractivity contribution in [2.45, 2.75) is 4.90 Å². The van der Waals surface area contributed by atoms with Crippen LogP contribution in [0.2, 0.25) is 0 Å². The van der Waals surface area contributed by atoms with E-state index in [0.29, 0.717) is 4.47 Å². The van der Waals surface area contributed by atoms with E-state index in [1.165, 1.54) is 12.1 Å². The van der Waals surface area contributed by atoms with Crippen LogP contribution in [-0.2, 0) is 19.7 Å². The first kappa shape index (κ1) is 12.7. The molecule has 0 aliphatic carbocycles. The number of sulfone groups is 2. The monoisotopic (exact) mass is 312 g/mol. The van der Waals surface area contributed by atoms with Gasteiger partial charge in [0, 0.05) is 10.7 Å². The average Bonchev–Trinajstić information content (AvgIpc) is 1.99. The van der Waals surface area contributed by atoms with Crippen LogP contribution in [0.1, 0.15) is 0 Å². The van der Waals surface area contributed by atoms with Gasteiger partial charge in [0.05, 0.1) is 4.90 Å². The second kappa shape index (κ2) is 4.23. The highest BCUT2D eigenvalue weighted by Gasteiger charge is 2.20. The predicted molar refractivity (Wildman–Crippen MR) is 61.0 cm³/mol. The Morgan fingerprint density at radius 2 is 1.80 bits per heavy atom. The Morgan fingerprint density at radius 3 is 2.27 bits per heavy atom. The normalized spacial score (nSPS) is 12.7. The van der Waals surface area contributed by atoms with E-state index in [-0.39, 0.29) is 4.90 Å². The van der Waals surface area contributed by atoms with Crippen LogP contribution in [0.3, 0.4) is 0 Å². The first-order chi connectivity index (χ1) is 6.71. The molecule has 0 saturated heterocycles. The lowest BCUT2D eigenvalue weighted by Crippen LogP contribution is -2.15. The minimum Gasteiger partial charge on any atom is -0.228 e. The Balaban J connectivity index is 3.19. The van der Waals surface area contributed by atoms with Crippen molar-refractivity contribution < 1.29 is 16.8 Å². The number of hydrogen-bond acceptors (Lipinski definition) is 4. The molecule has 1 rings (SSSR count). The fourth-order valence-electron chi connectivity index (χ4n) is 1.01. The number of hydrogen-bond donors (Lipinski definition) is 0. The van der Waals surface area contributed by atoms with Crippen LogP contribution in [0.15, 0.2) is 33.6 Å². The molecule has 0 saturated carbocycles. The smallest absolute Gasteiger partial charge is 0.192 e. The van der Waals surface area contributed by atoms with Gasteiger partial charge in [0.2, 0.25) is 0 Å². The highest BCUT2D eigenvalue weighted by Crippen LogP contribution is 2.18. The van der Waals surface area contributed by atoms with Gasteiger partial charge < -0.3 is 0 Å². The van der Waals surface area contributed by atoms with Crippen molar-refractivity contribution in [1.82, 2.24) is 0 Å². The Kier molecular flexibility index (Phi) is 3.57. The molecular formula is C8H9BrO4S2. The highest BCUT2D eigenvalue weighted by molar-refractivity contribution is 9.10. The van der Waals surface area contributed by atoms with Crippen molar-refractivity contribution in [2.75, 3.05) is 11.3 Å². The van der Waals surface area contributed by atoms with Crippen molar-refractivity contribution >= 4 is 35.6 Å². The molecular weight excluding hydrogens is 304 g/mol. The van der Waals surface area contributed by atoms with E-state index in [4.69, 9.17) is 0 Å². The van der Waals surface area contributed by atoms with Crippen LogP contribution >= 0.6 is 15.9 Å². The summed E-state index contributed by atoms with van der Waals surface area (Å²) in [5.74, 6) is 0. The summed E-state index contributed by atoms with van der Waals surface area (Å²) in [5, 5.41) is -0.865. The number of benzene rings is 1. The molecule has 0 bridgehead atoms. The molecule has 1 aromatic rings. The lowest BCUT2D eigenvalue weighted by atomic mass is 10.4. The summed E-state index contributed by atoms with van der Waals surface area (Å²) in [6.07, 6.45) is 0.891. The summed E-state index contributed by atoms with van der Waals surface area (Å²) in [4.78, 5) is 0.00213. The van der Waals surface area contributed by atoms with Gasteiger partial charge in [-0.3, -0.25) is 0 Å². The molecule has 0 radical (unpaired) electrons. The summed E-state index contributed by atoms with van der Waals surface area (Å²) >= 11 is 3.12. The van der Waals surface area contributed by atoms with E-state index in [1.807, 2.05) is 0 Å². The van der Waals surface area contributed by atoms with Gasteiger partial charge in [0.25, 0.3) is 0 Å². The molecule has 0 amide bonds. The average molecular weight is 313 g/mol. The highest BCUT2D eigenvalue weighted by atomic mass is 79.9. The summed E-state index contributed by atoms with van der Waals surface area (Å²) in [6, 6.07) is 5.95. The van der Waals surface area contributed by atoms with E-state index in [2.05, 4.69) is 15.9 Å². The van der Waals surface area contributed by atoms with Gasteiger partial charge in [-0.15, -0.1) is 0 Å². The Labute approximate surface area is 97.3 Å². The van der Waals surface area contributed by atoms with Crippen molar-refractivity contribution in [2.24, 2.45) is 0 Å². The molecule has 0 unspecified atom stereocenters. The zero-order valence-corrected chi connectivity index (χ0v) is 11.1. The molecule has 0 aliphatic rings. The van der Waals surface area contributed by atoms with Crippen LogP contribution in [0.25, 0.3) is 0 Å². The minimum atomic E-state index is -3.76. The molecule has 0 heterocycles. The molecule has 0 N–H and O–H groups in total. The van der Waals surface area contributed by atoms with Gasteiger partial charge in [-0.1, -0.05) is 22.0 Å². The maximum Gasteiger partial charge on any atom is 0.192 e. The van der Waals surface area contributed by atoms with Gasteiger partial charge in [-0.05, 0) is 18.2 Å². The molecule has 4 nitrogen and oxygen atoms in total. The van der Waals surface area contributed by atoms with Gasteiger partial charge in [-0.2, -0.15) is 0 Å².